The van der Waals surface area contributed by atoms with Crippen LogP contribution in [0.25, 0.3) is 0 Å². The molecular weight excluding hydrogens is 414 g/mol. The maximum Gasteiger partial charge on any atom is 0.255 e. The Morgan fingerprint density at radius 2 is 1.55 bits per heavy atom. The fraction of sp³-hybridized carbons (Fsp3) is 0.208. The molecule has 5 rings (SSSR count). The average Bonchev–Trinajstić information content (AvgIpc) is 3.14. The van der Waals surface area contributed by atoms with Crippen LogP contribution in [0.3, 0.4) is 0 Å². The first-order valence-electron chi connectivity index (χ1n) is 10.1. The number of hydrogen-bond acceptors (Lipinski definition) is 5. The van der Waals surface area contributed by atoms with Crippen LogP contribution >= 0.6 is 0 Å². The average molecular weight is 436 g/mol. The second-order valence-corrected chi connectivity index (χ2v) is 9.60. The second kappa shape index (κ2) is 7.42. The number of rotatable bonds is 4. The van der Waals surface area contributed by atoms with E-state index in [9.17, 15) is 13.2 Å². The zero-order chi connectivity index (χ0) is 21.6. The number of benzene rings is 3. The quantitative estimate of drug-likeness (QED) is 0.619. The van der Waals surface area contributed by atoms with Gasteiger partial charge in [0.25, 0.3) is 5.91 Å². The van der Waals surface area contributed by atoms with Crippen molar-refractivity contribution in [1.29, 1.82) is 0 Å². The Hall–Kier alpha value is -3.32. The zero-order valence-electron chi connectivity index (χ0n) is 16.9. The Balaban J connectivity index is 1.46. The van der Waals surface area contributed by atoms with Crippen LogP contribution in [-0.2, 0) is 16.4 Å². The monoisotopic (exact) mass is 435 g/mol. The van der Waals surface area contributed by atoms with Gasteiger partial charge in [0.2, 0.25) is 9.84 Å². The van der Waals surface area contributed by atoms with Gasteiger partial charge >= 0.3 is 0 Å². The Kier molecular flexibility index (Phi) is 4.70. The lowest BCUT2D eigenvalue weighted by Gasteiger charge is -2.24. The third kappa shape index (κ3) is 3.35. The summed E-state index contributed by atoms with van der Waals surface area (Å²) in [6, 6.07) is 19.0. The van der Waals surface area contributed by atoms with E-state index in [1.54, 1.807) is 23.1 Å². The van der Waals surface area contributed by atoms with Gasteiger partial charge in [-0.3, -0.25) is 4.79 Å². The molecule has 2 aliphatic rings. The molecule has 0 N–H and O–H groups in total. The number of amides is 1. The third-order valence-corrected chi connectivity index (χ3v) is 7.54. The standard InChI is InChI=1S/C24H21NO5S/c1-16(17-5-3-2-4-6-17)25-15-18-13-19(7-9-21(18)24(25)26)31(27,28)20-8-10-22-23(14-20)30-12-11-29-22/h2-10,13-14,16H,11-12,15H2,1H3/t16-/m0/s1. The molecule has 0 aliphatic carbocycles. The van der Waals surface area contributed by atoms with Crippen molar-refractivity contribution in [3.05, 3.63) is 83.4 Å². The van der Waals surface area contributed by atoms with Crippen LogP contribution in [0.1, 0.15) is 34.5 Å². The topological polar surface area (TPSA) is 72.9 Å². The highest BCUT2D eigenvalue weighted by Crippen LogP contribution is 2.36. The number of ether oxygens (including phenoxy) is 2. The molecule has 2 aliphatic heterocycles. The van der Waals surface area contributed by atoms with Crippen LogP contribution in [0, 0.1) is 0 Å². The van der Waals surface area contributed by atoms with E-state index >= 15 is 0 Å². The maximum atomic E-state index is 13.2. The molecule has 2 heterocycles. The van der Waals surface area contributed by atoms with E-state index in [-0.39, 0.29) is 21.7 Å². The first kappa shape index (κ1) is 19.6. The van der Waals surface area contributed by atoms with Gasteiger partial charge < -0.3 is 14.4 Å². The summed E-state index contributed by atoms with van der Waals surface area (Å²) in [5.74, 6) is 0.872. The van der Waals surface area contributed by atoms with Crippen molar-refractivity contribution in [2.24, 2.45) is 0 Å². The van der Waals surface area contributed by atoms with E-state index in [0.29, 0.717) is 42.4 Å². The van der Waals surface area contributed by atoms with Crippen LogP contribution in [0.5, 0.6) is 11.5 Å². The van der Waals surface area contributed by atoms with Crippen LogP contribution in [-0.4, -0.2) is 32.4 Å². The molecule has 0 saturated heterocycles. The molecule has 0 aromatic heterocycles. The summed E-state index contributed by atoms with van der Waals surface area (Å²) in [5.41, 5.74) is 2.29. The van der Waals surface area contributed by atoms with Crippen LogP contribution in [0.2, 0.25) is 0 Å². The Bertz CT molecular complexity index is 1270. The number of nitrogens with zero attached hydrogens (tertiary/aromatic N) is 1. The summed E-state index contributed by atoms with van der Waals surface area (Å²) in [5, 5.41) is 0. The van der Waals surface area contributed by atoms with E-state index in [1.807, 2.05) is 37.3 Å². The second-order valence-electron chi connectivity index (χ2n) is 7.65. The molecule has 31 heavy (non-hydrogen) atoms. The van der Waals surface area contributed by atoms with Gasteiger partial charge in [-0.25, -0.2) is 8.42 Å². The molecule has 1 atom stereocenters. The summed E-state index contributed by atoms with van der Waals surface area (Å²) >= 11 is 0. The molecule has 0 spiro atoms. The van der Waals surface area contributed by atoms with Crippen LogP contribution in [0.4, 0.5) is 0 Å². The molecule has 0 radical (unpaired) electrons. The highest BCUT2D eigenvalue weighted by Gasteiger charge is 2.33. The first-order chi connectivity index (χ1) is 14.9. The van der Waals surface area contributed by atoms with Gasteiger partial charge in [0.15, 0.2) is 11.5 Å². The van der Waals surface area contributed by atoms with E-state index in [2.05, 4.69) is 0 Å². The number of carbonyl (C=O) groups is 1. The van der Waals surface area contributed by atoms with Crippen LogP contribution < -0.4 is 9.47 Å². The van der Waals surface area contributed by atoms with Crippen molar-refractivity contribution in [3.63, 3.8) is 0 Å². The highest BCUT2D eigenvalue weighted by molar-refractivity contribution is 7.91. The molecule has 6 nitrogen and oxygen atoms in total. The van der Waals surface area contributed by atoms with E-state index < -0.39 is 9.84 Å². The number of hydrogen-bond donors (Lipinski definition) is 0. The fourth-order valence-corrected chi connectivity index (χ4v) is 5.36. The van der Waals surface area contributed by atoms with Crippen molar-refractivity contribution >= 4 is 15.7 Å². The number of carbonyl (C=O) groups excluding carboxylic acids is 1. The highest BCUT2D eigenvalue weighted by atomic mass is 32.2. The van der Waals surface area contributed by atoms with Gasteiger partial charge in [0.05, 0.1) is 15.8 Å². The van der Waals surface area contributed by atoms with Gasteiger partial charge in [-0.05, 0) is 48.4 Å². The lowest BCUT2D eigenvalue weighted by Crippen LogP contribution is -2.27. The summed E-state index contributed by atoms with van der Waals surface area (Å²) in [4.78, 5) is 15.0. The summed E-state index contributed by atoms with van der Waals surface area (Å²) in [6.07, 6.45) is 0. The molecule has 0 bridgehead atoms. The van der Waals surface area contributed by atoms with E-state index in [0.717, 1.165) is 5.56 Å². The predicted molar refractivity (Wildman–Crippen MR) is 114 cm³/mol. The van der Waals surface area contributed by atoms with E-state index in [4.69, 9.17) is 9.47 Å². The minimum atomic E-state index is -3.77. The van der Waals surface area contributed by atoms with Gasteiger partial charge in [0, 0.05) is 18.2 Å². The summed E-state index contributed by atoms with van der Waals surface area (Å²) in [7, 11) is -3.77. The minimum absolute atomic E-state index is 0.0883. The summed E-state index contributed by atoms with van der Waals surface area (Å²) < 4.78 is 37.5. The van der Waals surface area contributed by atoms with Crippen molar-refractivity contribution < 1.29 is 22.7 Å². The molecule has 7 heteroatoms. The molecule has 0 fully saturated rings. The smallest absolute Gasteiger partial charge is 0.255 e. The SMILES string of the molecule is C[C@@H](c1ccccc1)N1Cc2cc(S(=O)(=O)c3ccc4c(c3)OCCO4)ccc2C1=O. The number of sulfone groups is 1. The minimum Gasteiger partial charge on any atom is -0.486 e. The summed E-state index contributed by atoms with van der Waals surface area (Å²) in [6.45, 7) is 3.17. The number of fused-ring (bicyclic) bond motifs is 2. The van der Waals surface area contributed by atoms with E-state index in [1.165, 1.54) is 18.2 Å². The Morgan fingerprint density at radius 3 is 2.32 bits per heavy atom. The van der Waals surface area contributed by atoms with Crippen molar-refractivity contribution in [2.45, 2.75) is 29.3 Å². The van der Waals surface area contributed by atoms with Gasteiger partial charge in [-0.2, -0.15) is 0 Å². The molecule has 1 amide bonds. The largest absolute Gasteiger partial charge is 0.486 e. The zero-order valence-corrected chi connectivity index (χ0v) is 17.8. The van der Waals surface area contributed by atoms with Gasteiger partial charge in [-0.15, -0.1) is 0 Å². The molecule has 3 aromatic carbocycles. The van der Waals surface area contributed by atoms with Crippen molar-refractivity contribution in [3.8, 4) is 11.5 Å². The lowest BCUT2D eigenvalue weighted by atomic mass is 10.1. The normalized spacial score (nSPS) is 16.2. The molecule has 0 unspecified atom stereocenters. The van der Waals surface area contributed by atoms with Crippen molar-refractivity contribution in [2.75, 3.05) is 13.2 Å². The Morgan fingerprint density at radius 1 is 0.871 bits per heavy atom. The third-order valence-electron chi connectivity index (χ3n) is 5.79. The molecule has 158 valence electrons. The fourth-order valence-electron chi connectivity index (χ4n) is 4.04. The molecule has 0 saturated carbocycles. The van der Waals surface area contributed by atoms with Gasteiger partial charge in [0.1, 0.15) is 13.2 Å². The van der Waals surface area contributed by atoms with Crippen molar-refractivity contribution in [1.82, 2.24) is 4.90 Å². The molecule has 3 aromatic rings. The maximum absolute atomic E-state index is 13.2. The lowest BCUT2D eigenvalue weighted by molar-refractivity contribution is 0.0716. The first-order valence-corrected chi connectivity index (χ1v) is 11.6. The predicted octanol–water partition coefficient (Wildman–Crippen LogP) is 4.01. The molecular formula is C24H21NO5S. The van der Waals surface area contributed by atoms with Crippen LogP contribution in [0.15, 0.2) is 76.5 Å². The Labute approximate surface area is 180 Å². The van der Waals surface area contributed by atoms with Gasteiger partial charge in [-0.1, -0.05) is 30.3 Å².